The van der Waals surface area contributed by atoms with Gasteiger partial charge in [0.05, 0.1) is 6.04 Å². The third-order valence-electron chi connectivity index (χ3n) is 5.26. The lowest BCUT2D eigenvalue weighted by molar-refractivity contribution is -0.143. The normalized spacial score (nSPS) is 14.2. The van der Waals surface area contributed by atoms with E-state index in [4.69, 9.17) is 11.5 Å². The van der Waals surface area contributed by atoms with Gasteiger partial charge >= 0.3 is 5.97 Å². The number of benzene rings is 1. The van der Waals surface area contributed by atoms with E-state index in [0.717, 1.165) is 16.5 Å². The van der Waals surface area contributed by atoms with E-state index in [1.807, 2.05) is 30.5 Å². The molecule has 2 amide bonds. The second-order valence-electron chi connectivity index (χ2n) is 8.08. The van der Waals surface area contributed by atoms with E-state index >= 15 is 0 Å². The Morgan fingerprint density at radius 1 is 1.10 bits per heavy atom. The molecule has 31 heavy (non-hydrogen) atoms. The molecule has 1 aromatic carbocycles. The molecule has 0 saturated heterocycles. The van der Waals surface area contributed by atoms with E-state index < -0.39 is 35.9 Å². The van der Waals surface area contributed by atoms with Crippen LogP contribution in [0.25, 0.3) is 10.9 Å². The molecular weight excluding hydrogens is 398 g/mol. The van der Waals surface area contributed by atoms with Crippen LogP contribution in [0.3, 0.4) is 0 Å². The smallest absolute Gasteiger partial charge is 0.326 e. The molecule has 0 bridgehead atoms. The number of aromatic amines is 1. The van der Waals surface area contributed by atoms with Crippen LogP contribution in [-0.4, -0.2) is 52.5 Å². The molecule has 9 nitrogen and oxygen atoms in total. The number of unbranched alkanes of at least 4 members (excludes halogenated alkanes) is 1. The molecule has 0 spiro atoms. The van der Waals surface area contributed by atoms with E-state index in [9.17, 15) is 19.5 Å². The van der Waals surface area contributed by atoms with Gasteiger partial charge in [-0.05, 0) is 49.8 Å². The van der Waals surface area contributed by atoms with Crippen molar-refractivity contribution in [2.45, 2.75) is 57.7 Å². The van der Waals surface area contributed by atoms with Crippen LogP contribution in [-0.2, 0) is 20.8 Å². The summed E-state index contributed by atoms with van der Waals surface area (Å²) in [5, 5.41) is 15.6. The maximum Gasteiger partial charge on any atom is 0.326 e. The lowest BCUT2D eigenvalue weighted by atomic mass is 10.0. The first-order valence-electron chi connectivity index (χ1n) is 10.6. The van der Waals surface area contributed by atoms with Crippen molar-refractivity contribution in [1.29, 1.82) is 0 Å². The maximum atomic E-state index is 12.7. The number of aliphatic carboxylic acids is 1. The zero-order chi connectivity index (χ0) is 23.0. The Balaban J connectivity index is 2.06. The number of carbonyl (C=O) groups is 3. The van der Waals surface area contributed by atoms with E-state index in [2.05, 4.69) is 15.6 Å². The monoisotopic (exact) mass is 431 g/mol. The zero-order valence-corrected chi connectivity index (χ0v) is 18.1. The van der Waals surface area contributed by atoms with Gasteiger partial charge in [-0.1, -0.05) is 32.0 Å². The van der Waals surface area contributed by atoms with Crippen LogP contribution in [0, 0.1) is 5.92 Å². The predicted molar refractivity (Wildman–Crippen MR) is 119 cm³/mol. The van der Waals surface area contributed by atoms with Crippen molar-refractivity contribution in [3.8, 4) is 0 Å². The first kappa shape index (κ1) is 24.4. The third-order valence-corrected chi connectivity index (χ3v) is 5.26. The number of carboxylic acid groups (broad SMARTS) is 1. The highest BCUT2D eigenvalue weighted by molar-refractivity contribution is 5.92. The lowest BCUT2D eigenvalue weighted by Crippen LogP contribution is -2.55. The number of hydrogen-bond donors (Lipinski definition) is 6. The summed E-state index contributed by atoms with van der Waals surface area (Å²) < 4.78 is 0. The summed E-state index contributed by atoms with van der Waals surface area (Å²) >= 11 is 0. The second kappa shape index (κ2) is 11.5. The highest BCUT2D eigenvalue weighted by Gasteiger charge is 2.29. The molecule has 2 aromatic rings. The highest BCUT2D eigenvalue weighted by atomic mass is 16.4. The van der Waals surface area contributed by atoms with Crippen LogP contribution < -0.4 is 22.1 Å². The Morgan fingerprint density at radius 3 is 2.45 bits per heavy atom. The van der Waals surface area contributed by atoms with Crippen molar-refractivity contribution < 1.29 is 19.5 Å². The molecular formula is C22H33N5O4. The van der Waals surface area contributed by atoms with Crippen molar-refractivity contribution >= 4 is 28.7 Å². The molecule has 0 aliphatic rings. The summed E-state index contributed by atoms with van der Waals surface area (Å²) in [6.45, 7) is 3.88. The molecule has 0 aliphatic heterocycles. The number of aromatic nitrogens is 1. The van der Waals surface area contributed by atoms with Gasteiger partial charge < -0.3 is 32.2 Å². The summed E-state index contributed by atoms with van der Waals surface area (Å²) in [7, 11) is 0. The fraction of sp³-hybridized carbons (Fsp3) is 0.500. The SMILES string of the molecule is CC(C)C(NC(=O)C(CCCCN)NC(=O)C(N)Cc1c[nH]c2ccccc12)C(=O)O. The fourth-order valence-corrected chi connectivity index (χ4v) is 3.44. The Kier molecular flexibility index (Phi) is 9.02. The summed E-state index contributed by atoms with van der Waals surface area (Å²) in [5.41, 5.74) is 13.5. The van der Waals surface area contributed by atoms with Gasteiger partial charge in [-0.3, -0.25) is 9.59 Å². The number of hydrogen-bond acceptors (Lipinski definition) is 5. The van der Waals surface area contributed by atoms with Gasteiger partial charge in [0.2, 0.25) is 11.8 Å². The van der Waals surface area contributed by atoms with E-state index in [1.165, 1.54) is 0 Å². The summed E-state index contributed by atoms with van der Waals surface area (Å²) in [5.74, 6) is -2.42. The summed E-state index contributed by atoms with van der Waals surface area (Å²) in [6, 6.07) is 4.94. The highest BCUT2D eigenvalue weighted by Crippen LogP contribution is 2.19. The largest absolute Gasteiger partial charge is 0.480 e. The third kappa shape index (κ3) is 6.80. The second-order valence-corrected chi connectivity index (χ2v) is 8.08. The number of H-pyrrole nitrogens is 1. The number of amides is 2. The van der Waals surface area contributed by atoms with E-state index in [-0.39, 0.29) is 5.92 Å². The number of fused-ring (bicyclic) bond motifs is 1. The average Bonchev–Trinajstić information content (AvgIpc) is 3.13. The van der Waals surface area contributed by atoms with Gasteiger partial charge in [-0.2, -0.15) is 0 Å². The lowest BCUT2D eigenvalue weighted by Gasteiger charge is -2.24. The Labute approximate surface area is 181 Å². The molecule has 0 fully saturated rings. The van der Waals surface area contributed by atoms with Gasteiger partial charge in [-0.25, -0.2) is 4.79 Å². The van der Waals surface area contributed by atoms with Gasteiger partial charge in [0.15, 0.2) is 0 Å². The van der Waals surface area contributed by atoms with Crippen molar-refractivity contribution in [2.75, 3.05) is 6.54 Å². The van der Waals surface area contributed by atoms with Crippen LogP contribution >= 0.6 is 0 Å². The van der Waals surface area contributed by atoms with Crippen LogP contribution in [0.4, 0.5) is 0 Å². The molecule has 1 heterocycles. The molecule has 0 aliphatic carbocycles. The van der Waals surface area contributed by atoms with Crippen LogP contribution in [0.1, 0.15) is 38.7 Å². The Bertz CT molecular complexity index is 895. The predicted octanol–water partition coefficient (Wildman–Crippen LogP) is 0.877. The molecule has 3 atom stereocenters. The first-order chi connectivity index (χ1) is 14.7. The van der Waals surface area contributed by atoms with Crippen molar-refractivity contribution in [2.24, 2.45) is 17.4 Å². The minimum atomic E-state index is -1.12. The molecule has 170 valence electrons. The molecule has 1 aromatic heterocycles. The standard InChI is InChI=1S/C22H33N5O4/c1-13(2)19(22(30)31)27-21(29)18(9-5-6-10-23)26-20(28)16(24)11-14-12-25-17-8-4-3-7-15(14)17/h3-4,7-8,12-13,16,18-19,25H,5-6,9-11,23-24H2,1-2H3,(H,26,28)(H,27,29)(H,30,31). The Hall–Kier alpha value is -2.91. The molecule has 0 radical (unpaired) electrons. The molecule has 2 rings (SSSR count). The van der Waals surface area contributed by atoms with Crippen LogP contribution in [0.5, 0.6) is 0 Å². The number of carboxylic acids is 1. The quantitative estimate of drug-likeness (QED) is 0.273. The first-order valence-corrected chi connectivity index (χ1v) is 10.6. The number of para-hydroxylation sites is 1. The minimum absolute atomic E-state index is 0.300. The van der Waals surface area contributed by atoms with Crippen LogP contribution in [0.2, 0.25) is 0 Å². The maximum absolute atomic E-state index is 12.7. The van der Waals surface area contributed by atoms with Crippen LogP contribution in [0.15, 0.2) is 30.5 Å². The van der Waals surface area contributed by atoms with Crippen molar-refractivity contribution in [3.05, 3.63) is 36.0 Å². The van der Waals surface area contributed by atoms with E-state index in [0.29, 0.717) is 32.2 Å². The Morgan fingerprint density at radius 2 is 1.81 bits per heavy atom. The summed E-state index contributed by atoms with van der Waals surface area (Å²) in [6.07, 6.45) is 3.78. The van der Waals surface area contributed by atoms with Gasteiger partial charge in [0.1, 0.15) is 12.1 Å². The van der Waals surface area contributed by atoms with Gasteiger partial charge in [0.25, 0.3) is 0 Å². The van der Waals surface area contributed by atoms with E-state index in [1.54, 1.807) is 13.8 Å². The minimum Gasteiger partial charge on any atom is -0.480 e. The van der Waals surface area contributed by atoms with Crippen molar-refractivity contribution in [3.63, 3.8) is 0 Å². The molecule has 9 heteroatoms. The average molecular weight is 432 g/mol. The van der Waals surface area contributed by atoms with Crippen molar-refractivity contribution in [1.82, 2.24) is 15.6 Å². The molecule has 3 unspecified atom stereocenters. The zero-order valence-electron chi connectivity index (χ0n) is 18.1. The summed E-state index contributed by atoms with van der Waals surface area (Å²) in [4.78, 5) is 40.1. The fourth-order valence-electron chi connectivity index (χ4n) is 3.44. The van der Waals surface area contributed by atoms with Gasteiger partial charge in [-0.15, -0.1) is 0 Å². The molecule has 8 N–H and O–H groups in total. The number of carbonyl (C=O) groups excluding carboxylic acids is 2. The molecule has 0 saturated carbocycles. The number of rotatable bonds is 12. The number of nitrogens with two attached hydrogens (primary N) is 2. The van der Waals surface area contributed by atoms with Gasteiger partial charge in [0, 0.05) is 17.1 Å². The topological polar surface area (TPSA) is 163 Å². The number of nitrogens with one attached hydrogen (secondary N) is 3.